The molecular weight excluding hydrogens is 463 g/mol. The monoisotopic (exact) mass is 475 g/mol. The van der Waals surface area contributed by atoms with E-state index in [1.54, 1.807) is 11.4 Å². The Balaban J connectivity index is 2.13. The fourth-order valence-electron chi connectivity index (χ4n) is 2.54. The van der Waals surface area contributed by atoms with Gasteiger partial charge in [-0.25, -0.2) is 14.5 Å². The van der Waals surface area contributed by atoms with E-state index in [4.69, 9.17) is 4.74 Å². The average Bonchev–Trinajstić information content (AvgIpc) is 3.25. The number of carbonyl (C=O) groups excluding carboxylic acids is 1. The maximum atomic E-state index is 13.6. The highest BCUT2D eigenvalue weighted by atomic mass is 79.9. The Labute approximate surface area is 169 Å². The molecular formula is C17H13BrF3N3O3S. The number of rotatable bonds is 5. The zero-order valence-corrected chi connectivity index (χ0v) is 16.7. The van der Waals surface area contributed by atoms with E-state index in [0.717, 1.165) is 6.20 Å². The van der Waals surface area contributed by atoms with Gasteiger partial charge in [-0.2, -0.15) is 18.3 Å². The molecule has 6 nitrogen and oxygen atoms in total. The number of nitrogens with zero attached hydrogens (tertiary/aromatic N) is 3. The van der Waals surface area contributed by atoms with Crippen LogP contribution >= 0.6 is 27.3 Å². The smallest absolute Gasteiger partial charge is 0.434 e. The average molecular weight is 476 g/mol. The van der Waals surface area contributed by atoms with Crippen molar-refractivity contribution < 1.29 is 27.8 Å². The molecule has 148 valence electrons. The predicted molar refractivity (Wildman–Crippen MR) is 99.3 cm³/mol. The van der Waals surface area contributed by atoms with Gasteiger partial charge in [0.05, 0.1) is 30.0 Å². The first-order chi connectivity index (χ1) is 13.3. The molecule has 0 bridgehead atoms. The highest BCUT2D eigenvalue weighted by molar-refractivity contribution is 9.10. The number of pyridine rings is 1. The van der Waals surface area contributed by atoms with Crippen LogP contribution in [0, 0.1) is 0 Å². The summed E-state index contributed by atoms with van der Waals surface area (Å²) in [5, 5.41) is 15.0. The summed E-state index contributed by atoms with van der Waals surface area (Å²) < 4.78 is 46.9. The number of aromatic nitrogens is 3. The number of ether oxygens (including phenoxy) is 1. The first kappa shape index (κ1) is 20.5. The standard InChI is InChI=1S/C17H13BrF3N3O3S/c1-2-27-16(26)9-6-22-24(15(9)17(19,20)21)13-5-3-4-12(23-13)14-10(7-25)11(18)8-28-14/h3-6,8,25H,2,7H2,1H3. The first-order valence-corrected chi connectivity index (χ1v) is 9.62. The minimum Gasteiger partial charge on any atom is -0.462 e. The van der Waals surface area contributed by atoms with Crippen molar-refractivity contribution in [1.29, 1.82) is 0 Å². The molecule has 3 heterocycles. The fraction of sp³-hybridized carbons (Fsp3) is 0.235. The molecule has 0 aromatic carbocycles. The summed E-state index contributed by atoms with van der Waals surface area (Å²) in [6.45, 7) is 1.18. The normalized spacial score (nSPS) is 11.6. The van der Waals surface area contributed by atoms with Crippen molar-refractivity contribution in [2.45, 2.75) is 19.7 Å². The summed E-state index contributed by atoms with van der Waals surface area (Å²) in [6, 6.07) is 4.49. The minimum atomic E-state index is -4.85. The van der Waals surface area contributed by atoms with Crippen LogP contribution in [0.4, 0.5) is 13.2 Å². The van der Waals surface area contributed by atoms with Gasteiger partial charge < -0.3 is 9.84 Å². The molecule has 3 rings (SSSR count). The van der Waals surface area contributed by atoms with Gasteiger partial charge in [0, 0.05) is 15.4 Å². The summed E-state index contributed by atoms with van der Waals surface area (Å²) >= 11 is 4.60. The zero-order valence-electron chi connectivity index (χ0n) is 14.3. The van der Waals surface area contributed by atoms with Crippen LogP contribution in [-0.4, -0.2) is 32.4 Å². The molecule has 0 radical (unpaired) electrons. The SMILES string of the molecule is CCOC(=O)c1cnn(-c2cccc(-c3scc(Br)c3CO)n2)c1C(F)(F)F. The molecule has 0 spiro atoms. The van der Waals surface area contributed by atoms with Gasteiger partial charge in [0.25, 0.3) is 0 Å². The molecule has 3 aromatic heterocycles. The molecule has 0 unspecified atom stereocenters. The number of halogens is 4. The Morgan fingerprint density at radius 2 is 2.14 bits per heavy atom. The molecule has 11 heteroatoms. The molecule has 3 aromatic rings. The van der Waals surface area contributed by atoms with Gasteiger partial charge in [-0.3, -0.25) is 0 Å². The lowest BCUT2D eigenvalue weighted by Gasteiger charge is -2.12. The van der Waals surface area contributed by atoms with E-state index in [-0.39, 0.29) is 19.0 Å². The van der Waals surface area contributed by atoms with Crippen LogP contribution in [0.25, 0.3) is 16.4 Å². The van der Waals surface area contributed by atoms with Crippen LogP contribution in [0.2, 0.25) is 0 Å². The van der Waals surface area contributed by atoms with E-state index >= 15 is 0 Å². The lowest BCUT2D eigenvalue weighted by atomic mass is 10.2. The second kappa shape index (κ2) is 8.02. The van der Waals surface area contributed by atoms with Crippen LogP contribution in [0.3, 0.4) is 0 Å². The van der Waals surface area contributed by atoms with Crippen molar-refractivity contribution >= 4 is 33.2 Å². The molecule has 0 aliphatic rings. The maximum Gasteiger partial charge on any atom is 0.434 e. The van der Waals surface area contributed by atoms with Gasteiger partial charge in [0.2, 0.25) is 0 Å². The molecule has 0 saturated carbocycles. The Morgan fingerprint density at radius 1 is 1.39 bits per heavy atom. The molecule has 0 aliphatic heterocycles. The van der Waals surface area contributed by atoms with E-state index in [9.17, 15) is 23.1 Å². The van der Waals surface area contributed by atoms with Crippen molar-refractivity contribution in [2.75, 3.05) is 6.61 Å². The lowest BCUT2D eigenvalue weighted by molar-refractivity contribution is -0.143. The Morgan fingerprint density at radius 3 is 2.79 bits per heavy atom. The van der Waals surface area contributed by atoms with Gasteiger partial charge in [-0.1, -0.05) is 6.07 Å². The summed E-state index contributed by atoms with van der Waals surface area (Å²) in [4.78, 5) is 16.8. The van der Waals surface area contributed by atoms with E-state index in [1.165, 1.54) is 30.4 Å². The lowest BCUT2D eigenvalue weighted by Crippen LogP contribution is -2.19. The van der Waals surface area contributed by atoms with Gasteiger partial charge in [0.15, 0.2) is 11.5 Å². The van der Waals surface area contributed by atoms with Crippen molar-refractivity contribution in [3.8, 4) is 16.4 Å². The largest absolute Gasteiger partial charge is 0.462 e. The predicted octanol–water partition coefficient (Wildman–Crippen LogP) is 4.45. The number of hydrogen-bond acceptors (Lipinski definition) is 6. The number of carbonyl (C=O) groups is 1. The Hall–Kier alpha value is -2.24. The highest BCUT2D eigenvalue weighted by Gasteiger charge is 2.41. The van der Waals surface area contributed by atoms with E-state index in [1.807, 2.05) is 0 Å². The number of alkyl halides is 3. The zero-order chi connectivity index (χ0) is 20.5. The summed E-state index contributed by atoms with van der Waals surface area (Å²) in [6.07, 6.45) is -4.03. The third-order valence-electron chi connectivity index (χ3n) is 3.72. The molecule has 0 atom stereocenters. The van der Waals surface area contributed by atoms with Gasteiger partial charge >= 0.3 is 12.1 Å². The summed E-state index contributed by atoms with van der Waals surface area (Å²) in [7, 11) is 0. The van der Waals surface area contributed by atoms with Gasteiger partial charge in [0.1, 0.15) is 5.56 Å². The van der Waals surface area contributed by atoms with Gasteiger partial charge in [-0.05, 0) is 35.0 Å². The Kier molecular flexibility index (Phi) is 5.87. The number of aliphatic hydroxyl groups excluding tert-OH is 1. The second-order valence-corrected chi connectivity index (χ2v) is 7.20. The Bertz CT molecular complexity index is 1020. The van der Waals surface area contributed by atoms with E-state index in [0.29, 0.717) is 25.3 Å². The van der Waals surface area contributed by atoms with Crippen molar-refractivity contribution in [1.82, 2.24) is 14.8 Å². The molecule has 0 saturated heterocycles. The number of aliphatic hydroxyl groups is 1. The molecule has 28 heavy (non-hydrogen) atoms. The molecule has 0 fully saturated rings. The van der Waals surface area contributed by atoms with E-state index < -0.39 is 23.4 Å². The van der Waals surface area contributed by atoms with Crippen LogP contribution < -0.4 is 0 Å². The quantitative estimate of drug-likeness (QED) is 0.551. The number of hydrogen-bond donors (Lipinski definition) is 1. The molecule has 0 aliphatic carbocycles. The summed E-state index contributed by atoms with van der Waals surface area (Å²) in [5.74, 6) is -1.23. The minimum absolute atomic E-state index is 0.0633. The molecule has 1 N–H and O–H groups in total. The first-order valence-electron chi connectivity index (χ1n) is 7.94. The van der Waals surface area contributed by atoms with Crippen LogP contribution in [0.15, 0.2) is 34.2 Å². The van der Waals surface area contributed by atoms with Crippen LogP contribution in [0.5, 0.6) is 0 Å². The van der Waals surface area contributed by atoms with Crippen LogP contribution in [0.1, 0.15) is 28.5 Å². The third-order valence-corrected chi connectivity index (χ3v) is 5.77. The van der Waals surface area contributed by atoms with Gasteiger partial charge in [-0.15, -0.1) is 11.3 Å². The fourth-order valence-corrected chi connectivity index (χ4v) is 4.19. The van der Waals surface area contributed by atoms with Crippen molar-refractivity contribution in [2.24, 2.45) is 0 Å². The van der Waals surface area contributed by atoms with Crippen molar-refractivity contribution in [3.05, 3.63) is 51.1 Å². The third kappa shape index (κ3) is 3.82. The van der Waals surface area contributed by atoms with Crippen molar-refractivity contribution in [3.63, 3.8) is 0 Å². The number of thiophene rings is 1. The van der Waals surface area contributed by atoms with Crippen LogP contribution in [-0.2, 0) is 17.5 Å². The highest BCUT2D eigenvalue weighted by Crippen LogP contribution is 2.37. The number of esters is 1. The maximum absolute atomic E-state index is 13.6. The second-order valence-electron chi connectivity index (χ2n) is 5.47. The summed E-state index contributed by atoms with van der Waals surface area (Å²) in [5.41, 5.74) is -0.987. The topological polar surface area (TPSA) is 77.2 Å². The van der Waals surface area contributed by atoms with E-state index in [2.05, 4.69) is 26.0 Å². The molecule has 0 amide bonds.